The number of methoxy groups -OCH3 is 2. The second-order valence-corrected chi connectivity index (χ2v) is 16.5. The van der Waals surface area contributed by atoms with E-state index in [0.717, 1.165) is 96.3 Å². The van der Waals surface area contributed by atoms with Gasteiger partial charge in [0.15, 0.2) is 0 Å². The zero-order valence-electron chi connectivity index (χ0n) is 36.2. The summed E-state index contributed by atoms with van der Waals surface area (Å²) in [4.78, 5) is 13.8. The fraction of sp³-hybridized carbons (Fsp3) is 0.500. The number of piperidine rings is 6. The van der Waals surface area contributed by atoms with E-state index in [0.29, 0.717) is 29.6 Å². The van der Waals surface area contributed by atoms with E-state index in [1.54, 1.807) is 48.8 Å². The fourth-order valence-electron chi connectivity index (χ4n) is 10.3. The predicted octanol–water partition coefficient (Wildman–Crippen LogP) is 7.97. The number of pyridine rings is 2. The van der Waals surface area contributed by atoms with Gasteiger partial charge in [0.2, 0.25) is 0 Å². The molecule has 5 unspecified atom stereocenters. The van der Waals surface area contributed by atoms with E-state index < -0.39 is 12.2 Å². The maximum absolute atomic E-state index is 11.4. The van der Waals surface area contributed by atoms with Crippen LogP contribution in [-0.2, 0) is 0 Å². The van der Waals surface area contributed by atoms with Crippen molar-refractivity contribution in [1.29, 1.82) is 14.9 Å². The number of benzene rings is 2. The first-order valence-corrected chi connectivity index (χ1v) is 21.8. The first-order valence-electron chi connectivity index (χ1n) is 21.2. The summed E-state index contributed by atoms with van der Waals surface area (Å²) in [6.45, 7) is 15.6. The molecule has 13 heteroatoms. The monoisotopic (exact) mass is 837 g/mol. The Bertz CT molecular complexity index is 2150. The van der Waals surface area contributed by atoms with Crippen LogP contribution in [0.1, 0.15) is 75.7 Å². The van der Waals surface area contributed by atoms with Gasteiger partial charge in [-0.25, -0.2) is 0 Å². The van der Waals surface area contributed by atoms with Crippen molar-refractivity contribution in [3.8, 4) is 23.6 Å². The molecule has 6 aliphatic rings. The molecule has 6 aliphatic heterocycles. The number of hydrogen-bond acceptors (Lipinski definition) is 11. The third-order valence-corrected chi connectivity index (χ3v) is 13.4. The van der Waals surface area contributed by atoms with Crippen LogP contribution in [-0.4, -0.2) is 107 Å². The number of aromatic nitrogens is 2. The second-order valence-electron chi connectivity index (χ2n) is 16.5. The fourth-order valence-corrected chi connectivity index (χ4v) is 10.3. The van der Waals surface area contributed by atoms with Gasteiger partial charge < -0.3 is 19.7 Å². The van der Waals surface area contributed by atoms with E-state index in [-0.39, 0.29) is 26.4 Å². The second kappa shape index (κ2) is 23.7. The van der Waals surface area contributed by atoms with Gasteiger partial charge in [0, 0.05) is 68.7 Å². The molecule has 11 nitrogen and oxygen atoms in total. The van der Waals surface area contributed by atoms with Crippen LogP contribution in [0.3, 0.4) is 0 Å². The van der Waals surface area contributed by atoms with Crippen molar-refractivity contribution in [3.63, 3.8) is 0 Å². The number of rotatable bonds is 11. The van der Waals surface area contributed by atoms with Crippen molar-refractivity contribution in [2.75, 3.05) is 40.4 Å². The topological polar surface area (TPSA) is 163 Å². The van der Waals surface area contributed by atoms with Gasteiger partial charge in [-0.15, -0.1) is 6.58 Å². The molecule has 0 aliphatic carbocycles. The number of nitrogens with one attached hydrogen (secondary N) is 1. The molecule has 12 atom stereocenters. The van der Waals surface area contributed by atoms with E-state index in [2.05, 4.69) is 52.0 Å². The Balaban J connectivity index is 0.000000239. The van der Waals surface area contributed by atoms with Gasteiger partial charge in [-0.3, -0.25) is 19.8 Å². The summed E-state index contributed by atoms with van der Waals surface area (Å²) in [5, 5.41) is 41.3. The van der Waals surface area contributed by atoms with Crippen molar-refractivity contribution in [2.24, 2.45) is 35.5 Å². The zero-order valence-corrected chi connectivity index (χ0v) is 37.4. The Kier molecular flexibility index (Phi) is 19.1. The summed E-state index contributed by atoms with van der Waals surface area (Å²) in [6.07, 6.45) is 12.4. The van der Waals surface area contributed by atoms with Crippen LogP contribution in [0.2, 0.25) is 0 Å². The van der Waals surface area contributed by atoms with Crippen molar-refractivity contribution in [1.82, 2.24) is 19.8 Å². The van der Waals surface area contributed by atoms with Crippen molar-refractivity contribution in [2.45, 2.75) is 76.7 Å². The van der Waals surface area contributed by atoms with Crippen LogP contribution in [0, 0.1) is 62.5 Å². The number of nitriles is 2. The summed E-state index contributed by atoms with van der Waals surface area (Å²) in [6, 6.07) is 20.0. The molecule has 4 radical (unpaired) electrons. The molecule has 10 rings (SSSR count). The van der Waals surface area contributed by atoms with Gasteiger partial charge in [0.25, 0.3) is 0 Å². The van der Waals surface area contributed by atoms with Gasteiger partial charge in [-0.2, -0.15) is 10.5 Å². The van der Waals surface area contributed by atoms with Gasteiger partial charge in [0.05, 0.1) is 49.6 Å². The quantitative estimate of drug-likeness (QED) is 0.0768. The van der Waals surface area contributed by atoms with Gasteiger partial charge in [-0.1, -0.05) is 26.0 Å². The average Bonchev–Trinajstić information content (AvgIpc) is 3.32. The Morgan fingerprint density at radius 3 is 1.74 bits per heavy atom. The van der Waals surface area contributed by atoms with Crippen LogP contribution in [0.5, 0.6) is 11.5 Å². The molecule has 0 amide bonds. The third-order valence-electron chi connectivity index (χ3n) is 13.4. The van der Waals surface area contributed by atoms with Gasteiger partial charge in [0.1, 0.15) is 11.5 Å². The number of allylic oxidation sites excluding steroid dienone is 1. The first-order chi connectivity index (χ1) is 29.2. The standard InChI is InChI=1S/C25H33N3O2.C20H24N2O2.C3H3N.Al.B.HN/c1-4-17(11-16(2)14-26)22-15-28-10-8-18(22)12-24(28)25(29)20-7-9-27-23-6-5-19(30-3)13-21(20)23;1-3-13-12-22-9-7-14(13)10-19(22)20(23)16-6-8-21-18-5-4-15(24-2)11-17(16)18;1-2-3-4;;;/h5-7,9,13,16-18,22,24-25,29H,4,8,10-12,15H2,1-3H3;3-6,8,11,13-14,19-20,23H,1,7,9-10,12H2,2H3;2H,1H2;;;1H/t16?,17?,18-,22?,24+,25+;13-,14-,19+,20+;;;;/m00..../s1. The molecule has 2 aromatic carbocycles. The summed E-state index contributed by atoms with van der Waals surface area (Å²) in [5.41, 5.74) is 3.68. The van der Waals surface area contributed by atoms with E-state index in [1.165, 1.54) is 18.9 Å². The third kappa shape index (κ3) is 11.3. The van der Waals surface area contributed by atoms with E-state index in [9.17, 15) is 15.5 Å². The number of hydrogen-bond donors (Lipinski definition) is 3. The Morgan fingerprint density at radius 1 is 0.852 bits per heavy atom. The van der Waals surface area contributed by atoms with Crippen molar-refractivity contribution in [3.05, 3.63) is 97.4 Å². The number of aliphatic hydroxyl groups excluding tert-OH is 2. The Morgan fingerprint density at radius 2 is 1.34 bits per heavy atom. The summed E-state index contributed by atoms with van der Waals surface area (Å²) in [5.74, 6) is 4.77. The Labute approximate surface area is 372 Å². The molecule has 2 aromatic heterocycles. The minimum atomic E-state index is -0.538. The van der Waals surface area contributed by atoms with Crippen molar-refractivity contribution >= 4 is 46.3 Å². The predicted molar refractivity (Wildman–Crippen MR) is 243 cm³/mol. The molecule has 0 saturated carbocycles. The van der Waals surface area contributed by atoms with Crippen LogP contribution < -0.4 is 9.47 Å². The minimum absolute atomic E-state index is 0. The number of ether oxygens (including phenoxy) is 2. The molecule has 3 N–H and O–H groups in total. The molecule has 8 heterocycles. The number of nitrogens with zero attached hydrogens (tertiary/aromatic N) is 6. The SMILES string of the molecule is C=CC#N.C=C[C@H]1CN2CC[C@H]1C[C@@H]2[C@H](O)c1ccnc2ccc(OC)cc12.CCC(CC(C)C#N)C1CN2CC[C@H]1C[C@@H]2[C@H](O)c1ccnc2ccc(OC)cc12.[B].[NH]=[Al]. The van der Waals surface area contributed by atoms with E-state index in [1.807, 2.05) is 55.5 Å². The first kappa shape index (κ1) is 49.2. The van der Waals surface area contributed by atoms with E-state index >= 15 is 0 Å². The summed E-state index contributed by atoms with van der Waals surface area (Å²) >= 11 is 1.67. The van der Waals surface area contributed by atoms with Crippen LogP contribution in [0.25, 0.3) is 21.8 Å². The van der Waals surface area contributed by atoms with E-state index in [4.69, 9.17) is 19.1 Å². The zero-order chi connectivity index (χ0) is 43.3. The summed E-state index contributed by atoms with van der Waals surface area (Å²) < 4.78 is 16.4. The summed E-state index contributed by atoms with van der Waals surface area (Å²) in [7, 11) is 3.33. The van der Waals surface area contributed by atoms with Crippen LogP contribution >= 0.6 is 0 Å². The van der Waals surface area contributed by atoms with Gasteiger partial charge >= 0.3 is 20.4 Å². The normalized spacial score (nSPS) is 26.3. The molecule has 6 fully saturated rings. The average molecular weight is 838 g/mol. The van der Waals surface area contributed by atoms with Crippen molar-refractivity contribution < 1.29 is 19.7 Å². The van der Waals surface area contributed by atoms with Crippen LogP contribution in [0.4, 0.5) is 0 Å². The molecule has 4 aromatic rings. The number of aliphatic hydroxyl groups is 2. The van der Waals surface area contributed by atoms with Crippen LogP contribution in [0.15, 0.2) is 86.2 Å². The molecule has 318 valence electrons. The molecular weight excluding hydrogens is 776 g/mol. The molecule has 61 heavy (non-hydrogen) atoms. The van der Waals surface area contributed by atoms with Gasteiger partial charge in [-0.05, 0) is 141 Å². The molecular formula is C48H61AlBN7O4. The Hall–Kier alpha value is -4.44. The molecule has 4 bridgehead atoms. The molecule has 0 spiro atoms. The number of fused-ring (bicyclic) bond motifs is 8. The maximum atomic E-state index is 11.4. The molecule has 6 saturated heterocycles.